The molecule has 5 N–H and O–H groups in total. The molecule has 0 atom stereocenters. The van der Waals surface area contributed by atoms with E-state index in [4.69, 9.17) is 11.6 Å². The SMILES string of the molecule is C/C(N)=C(/ON)C(=O)Nc1ccc(-c2ccccc2C)cn1.CC.CC. The molecular formula is C20H30N4O2. The fourth-order valence-electron chi connectivity index (χ4n) is 2.02. The van der Waals surface area contributed by atoms with Crippen molar-refractivity contribution in [1.82, 2.24) is 4.98 Å². The molecule has 0 aliphatic heterocycles. The Hall–Kier alpha value is -2.86. The summed E-state index contributed by atoms with van der Waals surface area (Å²) < 4.78 is 0. The summed E-state index contributed by atoms with van der Waals surface area (Å²) in [7, 11) is 0. The maximum atomic E-state index is 11.9. The number of aryl methyl sites for hydroxylation is 1. The van der Waals surface area contributed by atoms with Crippen LogP contribution >= 0.6 is 0 Å². The van der Waals surface area contributed by atoms with E-state index in [2.05, 4.69) is 15.1 Å². The molecule has 0 aliphatic rings. The molecule has 0 spiro atoms. The predicted molar refractivity (Wildman–Crippen MR) is 108 cm³/mol. The molecule has 1 aromatic heterocycles. The van der Waals surface area contributed by atoms with Crippen LogP contribution in [0.25, 0.3) is 11.1 Å². The Labute approximate surface area is 156 Å². The third kappa shape index (κ3) is 6.57. The van der Waals surface area contributed by atoms with E-state index in [0.29, 0.717) is 5.82 Å². The van der Waals surface area contributed by atoms with Gasteiger partial charge in [0.15, 0.2) is 0 Å². The van der Waals surface area contributed by atoms with E-state index in [0.717, 1.165) is 16.7 Å². The molecule has 2 rings (SSSR count). The number of nitrogens with zero attached hydrogens (tertiary/aromatic N) is 1. The topological polar surface area (TPSA) is 103 Å². The van der Waals surface area contributed by atoms with Gasteiger partial charge in [-0.3, -0.25) is 4.79 Å². The first-order valence-electron chi connectivity index (χ1n) is 8.69. The lowest BCUT2D eigenvalue weighted by Gasteiger charge is -2.09. The lowest BCUT2D eigenvalue weighted by atomic mass is 10.0. The number of aromatic nitrogens is 1. The summed E-state index contributed by atoms with van der Waals surface area (Å²) in [6.07, 6.45) is 1.69. The number of nitrogens with one attached hydrogen (secondary N) is 1. The summed E-state index contributed by atoms with van der Waals surface area (Å²) in [6, 6.07) is 11.6. The van der Waals surface area contributed by atoms with Crippen LogP contribution in [-0.4, -0.2) is 10.9 Å². The number of hydrogen-bond donors (Lipinski definition) is 3. The summed E-state index contributed by atoms with van der Waals surface area (Å²) in [6.45, 7) is 11.6. The average Bonchev–Trinajstić information content (AvgIpc) is 2.66. The van der Waals surface area contributed by atoms with E-state index < -0.39 is 5.91 Å². The van der Waals surface area contributed by atoms with Gasteiger partial charge in [0, 0.05) is 11.8 Å². The molecular weight excluding hydrogens is 328 g/mol. The molecule has 0 fully saturated rings. The molecule has 6 nitrogen and oxygen atoms in total. The van der Waals surface area contributed by atoms with Crippen LogP contribution in [0, 0.1) is 6.92 Å². The van der Waals surface area contributed by atoms with Gasteiger partial charge in [0.1, 0.15) is 5.82 Å². The zero-order valence-corrected chi connectivity index (χ0v) is 16.5. The van der Waals surface area contributed by atoms with Gasteiger partial charge in [0.2, 0.25) is 5.76 Å². The van der Waals surface area contributed by atoms with Crippen LogP contribution in [0.1, 0.15) is 40.2 Å². The van der Waals surface area contributed by atoms with Gasteiger partial charge in [-0.25, -0.2) is 4.98 Å². The number of allylic oxidation sites excluding steroid dienone is 1. The molecule has 26 heavy (non-hydrogen) atoms. The van der Waals surface area contributed by atoms with Crippen LogP contribution in [-0.2, 0) is 9.63 Å². The Morgan fingerprint density at radius 2 is 1.69 bits per heavy atom. The second-order valence-corrected chi connectivity index (χ2v) is 4.83. The zero-order valence-electron chi connectivity index (χ0n) is 16.5. The third-order valence-electron chi connectivity index (χ3n) is 3.14. The van der Waals surface area contributed by atoms with Crippen LogP contribution in [0.15, 0.2) is 54.1 Å². The minimum atomic E-state index is -0.543. The van der Waals surface area contributed by atoms with E-state index in [9.17, 15) is 4.79 Å². The fourth-order valence-corrected chi connectivity index (χ4v) is 2.02. The van der Waals surface area contributed by atoms with Gasteiger partial charge in [0.25, 0.3) is 5.91 Å². The first-order valence-corrected chi connectivity index (χ1v) is 8.69. The Bertz CT molecular complexity index is 706. The van der Waals surface area contributed by atoms with Crippen molar-refractivity contribution in [2.75, 3.05) is 5.32 Å². The molecule has 0 radical (unpaired) electrons. The van der Waals surface area contributed by atoms with Crippen molar-refractivity contribution in [1.29, 1.82) is 0 Å². The number of amides is 1. The highest BCUT2D eigenvalue weighted by Gasteiger charge is 2.14. The number of pyridine rings is 1. The molecule has 1 amide bonds. The van der Waals surface area contributed by atoms with Crippen molar-refractivity contribution >= 4 is 11.7 Å². The summed E-state index contributed by atoms with van der Waals surface area (Å²) in [4.78, 5) is 20.6. The lowest BCUT2D eigenvalue weighted by molar-refractivity contribution is -0.116. The number of nitrogens with two attached hydrogens (primary N) is 2. The monoisotopic (exact) mass is 358 g/mol. The quantitative estimate of drug-likeness (QED) is 0.433. The second-order valence-electron chi connectivity index (χ2n) is 4.83. The van der Waals surface area contributed by atoms with Crippen LogP contribution in [0.3, 0.4) is 0 Å². The van der Waals surface area contributed by atoms with Crippen molar-refractivity contribution in [3.8, 4) is 11.1 Å². The zero-order chi connectivity index (χ0) is 20.1. The Balaban J connectivity index is 0.00000146. The first-order chi connectivity index (χ1) is 12.5. The third-order valence-corrected chi connectivity index (χ3v) is 3.14. The largest absolute Gasteiger partial charge is 0.404 e. The number of hydrogen-bond acceptors (Lipinski definition) is 5. The van der Waals surface area contributed by atoms with Crippen molar-refractivity contribution in [2.45, 2.75) is 41.5 Å². The molecule has 1 aromatic carbocycles. The van der Waals surface area contributed by atoms with Crippen LogP contribution < -0.4 is 16.9 Å². The number of benzene rings is 1. The number of carbonyl (C=O) groups is 1. The molecule has 0 bridgehead atoms. The van der Waals surface area contributed by atoms with Gasteiger partial charge < -0.3 is 15.9 Å². The van der Waals surface area contributed by atoms with Crippen molar-refractivity contribution < 1.29 is 9.63 Å². The maximum absolute atomic E-state index is 11.9. The van der Waals surface area contributed by atoms with Gasteiger partial charge in [-0.15, -0.1) is 0 Å². The fraction of sp³-hybridized carbons (Fsp3) is 0.300. The Kier molecular flexibility index (Phi) is 11.1. The molecule has 0 aliphatic carbocycles. The molecule has 6 heteroatoms. The van der Waals surface area contributed by atoms with Gasteiger partial charge in [-0.2, -0.15) is 5.90 Å². The van der Waals surface area contributed by atoms with Crippen molar-refractivity contribution in [2.24, 2.45) is 11.6 Å². The molecule has 1 heterocycles. The number of carbonyl (C=O) groups excluding carboxylic acids is 1. The van der Waals surface area contributed by atoms with E-state index in [1.54, 1.807) is 12.3 Å². The summed E-state index contributed by atoms with van der Waals surface area (Å²) in [5.74, 6) is 4.74. The Morgan fingerprint density at radius 3 is 2.15 bits per heavy atom. The van der Waals surface area contributed by atoms with Crippen molar-refractivity contribution in [3.05, 3.63) is 59.6 Å². The van der Waals surface area contributed by atoms with Crippen molar-refractivity contribution in [3.63, 3.8) is 0 Å². The van der Waals surface area contributed by atoms with Crippen LogP contribution in [0.4, 0.5) is 5.82 Å². The number of rotatable bonds is 4. The highest BCUT2D eigenvalue weighted by atomic mass is 16.6. The number of anilines is 1. The minimum Gasteiger partial charge on any atom is -0.404 e. The highest BCUT2D eigenvalue weighted by molar-refractivity contribution is 6.02. The van der Waals surface area contributed by atoms with Gasteiger partial charge >= 0.3 is 0 Å². The standard InChI is InChI=1S/C16H18N4O2.2C2H6/c1-10-5-3-4-6-13(10)12-7-8-14(19-9-12)20-16(21)15(22-18)11(2)17;2*1-2/h3-9H,17-18H2,1-2H3,(H,19,20,21);2*1-2H3/b15-11-;;. The van der Waals surface area contributed by atoms with Crippen LogP contribution in [0.2, 0.25) is 0 Å². The van der Waals surface area contributed by atoms with Gasteiger partial charge in [0.05, 0.1) is 5.70 Å². The molecule has 0 saturated heterocycles. The van der Waals surface area contributed by atoms with Crippen LogP contribution in [0.5, 0.6) is 0 Å². The molecule has 142 valence electrons. The highest BCUT2D eigenvalue weighted by Crippen LogP contribution is 2.23. The lowest BCUT2D eigenvalue weighted by Crippen LogP contribution is -2.22. The molecule has 0 saturated carbocycles. The molecule has 0 unspecified atom stereocenters. The van der Waals surface area contributed by atoms with E-state index >= 15 is 0 Å². The van der Waals surface area contributed by atoms with E-state index in [-0.39, 0.29) is 11.5 Å². The second kappa shape index (κ2) is 12.5. The Morgan fingerprint density at radius 1 is 1.08 bits per heavy atom. The first kappa shape index (κ1) is 23.1. The smallest absolute Gasteiger partial charge is 0.296 e. The van der Waals surface area contributed by atoms with E-state index in [1.807, 2.05) is 65.0 Å². The minimum absolute atomic E-state index is 0.134. The summed E-state index contributed by atoms with van der Waals surface area (Å²) in [5, 5.41) is 2.57. The average molecular weight is 358 g/mol. The summed E-state index contributed by atoms with van der Waals surface area (Å²) >= 11 is 0. The van der Waals surface area contributed by atoms with Gasteiger partial charge in [-0.1, -0.05) is 52.0 Å². The van der Waals surface area contributed by atoms with Gasteiger partial charge in [-0.05, 0) is 37.1 Å². The maximum Gasteiger partial charge on any atom is 0.296 e. The summed E-state index contributed by atoms with van der Waals surface area (Å²) in [5.41, 5.74) is 8.92. The predicted octanol–water partition coefficient (Wildman–Crippen LogP) is 4.13. The molecule has 2 aromatic rings. The van der Waals surface area contributed by atoms with E-state index in [1.165, 1.54) is 6.92 Å². The normalized spacial score (nSPS) is 10.3.